The predicted molar refractivity (Wildman–Crippen MR) is 75.8 cm³/mol. The Balaban J connectivity index is 1.92. The van der Waals surface area contributed by atoms with Crippen LogP contribution in [0.1, 0.15) is 12.5 Å². The molecule has 0 aromatic heterocycles. The van der Waals surface area contributed by atoms with Crippen LogP contribution < -0.4 is 4.74 Å². The van der Waals surface area contributed by atoms with Gasteiger partial charge in [-0.3, -0.25) is 9.59 Å². The first-order valence-electron chi connectivity index (χ1n) is 7.11. The quantitative estimate of drug-likeness (QED) is 0.849. The lowest BCUT2D eigenvalue weighted by atomic mass is 10.2. The molecule has 0 unspecified atom stereocenters. The number of hydrogen-bond acceptors (Lipinski definition) is 3. The maximum Gasteiger partial charge on any atom is 0.419 e. The van der Waals surface area contributed by atoms with Crippen molar-refractivity contribution in [3.05, 3.63) is 29.8 Å². The lowest BCUT2D eigenvalue weighted by molar-refractivity contribution is -0.142. The van der Waals surface area contributed by atoms with Crippen LogP contribution in [0.3, 0.4) is 0 Å². The van der Waals surface area contributed by atoms with Gasteiger partial charge in [-0.1, -0.05) is 12.1 Å². The normalized spacial score (nSPS) is 15.5. The van der Waals surface area contributed by atoms with Gasteiger partial charge in [0, 0.05) is 33.1 Å². The van der Waals surface area contributed by atoms with E-state index in [0.29, 0.717) is 26.2 Å². The smallest absolute Gasteiger partial charge is 0.419 e. The van der Waals surface area contributed by atoms with E-state index in [1.807, 2.05) is 0 Å². The van der Waals surface area contributed by atoms with Gasteiger partial charge in [0.15, 0.2) is 6.61 Å². The Hall–Kier alpha value is -2.25. The zero-order valence-corrected chi connectivity index (χ0v) is 12.6. The van der Waals surface area contributed by atoms with Crippen LogP contribution in [0.25, 0.3) is 0 Å². The van der Waals surface area contributed by atoms with Crippen LogP contribution in [0.4, 0.5) is 13.2 Å². The third kappa shape index (κ3) is 4.37. The molecule has 2 amide bonds. The van der Waals surface area contributed by atoms with Crippen LogP contribution in [0.5, 0.6) is 5.75 Å². The maximum absolute atomic E-state index is 12.8. The monoisotopic (exact) mass is 330 g/mol. The Bertz CT molecular complexity index is 582. The van der Waals surface area contributed by atoms with Gasteiger partial charge < -0.3 is 14.5 Å². The highest BCUT2D eigenvalue weighted by molar-refractivity contribution is 5.78. The molecule has 1 heterocycles. The number of carbonyl (C=O) groups excluding carboxylic acids is 2. The molecule has 0 N–H and O–H groups in total. The second-order valence-electron chi connectivity index (χ2n) is 5.17. The number of halogens is 3. The average molecular weight is 330 g/mol. The predicted octanol–water partition coefficient (Wildman–Crippen LogP) is 1.77. The molecule has 1 saturated heterocycles. The minimum absolute atomic E-state index is 0.0625. The SMILES string of the molecule is CC(=O)N1CCN(C(=O)COc2ccccc2C(F)(F)F)CC1. The first-order chi connectivity index (χ1) is 10.8. The maximum atomic E-state index is 12.8. The largest absolute Gasteiger partial charge is 0.483 e. The van der Waals surface area contributed by atoms with Gasteiger partial charge in [0.25, 0.3) is 5.91 Å². The van der Waals surface area contributed by atoms with E-state index in [-0.39, 0.29) is 11.7 Å². The van der Waals surface area contributed by atoms with E-state index in [1.165, 1.54) is 30.0 Å². The number of ether oxygens (including phenoxy) is 1. The summed E-state index contributed by atoms with van der Waals surface area (Å²) >= 11 is 0. The van der Waals surface area contributed by atoms with Gasteiger partial charge in [-0.15, -0.1) is 0 Å². The number of rotatable bonds is 3. The van der Waals surface area contributed by atoms with Crippen LogP contribution in [0.2, 0.25) is 0 Å². The molecular formula is C15H17F3N2O3. The lowest BCUT2D eigenvalue weighted by Gasteiger charge is -2.34. The second-order valence-corrected chi connectivity index (χ2v) is 5.17. The van der Waals surface area contributed by atoms with Crippen LogP contribution in [0.15, 0.2) is 24.3 Å². The van der Waals surface area contributed by atoms with Crippen molar-refractivity contribution >= 4 is 11.8 Å². The highest BCUT2D eigenvalue weighted by Crippen LogP contribution is 2.35. The standard InChI is InChI=1S/C15H17F3N2O3/c1-11(21)19-6-8-20(9-7-19)14(22)10-23-13-5-3-2-4-12(13)15(16,17)18/h2-5H,6-10H2,1H3. The van der Waals surface area contributed by atoms with Crippen LogP contribution in [0, 0.1) is 0 Å². The van der Waals surface area contributed by atoms with E-state index in [2.05, 4.69) is 0 Å². The summed E-state index contributed by atoms with van der Waals surface area (Å²) < 4.78 is 43.6. The van der Waals surface area contributed by atoms with Crippen LogP contribution >= 0.6 is 0 Å². The van der Waals surface area contributed by atoms with Crippen molar-refractivity contribution in [2.75, 3.05) is 32.8 Å². The number of nitrogens with zero attached hydrogens (tertiary/aromatic N) is 2. The molecule has 1 aromatic rings. The van der Waals surface area contributed by atoms with E-state index >= 15 is 0 Å². The Morgan fingerprint density at radius 1 is 1.09 bits per heavy atom. The molecule has 126 valence electrons. The Labute approximate surface area is 131 Å². The molecule has 23 heavy (non-hydrogen) atoms. The van der Waals surface area contributed by atoms with E-state index in [4.69, 9.17) is 4.74 Å². The van der Waals surface area contributed by atoms with Gasteiger partial charge >= 0.3 is 6.18 Å². The molecule has 1 aliphatic heterocycles. The fourth-order valence-electron chi connectivity index (χ4n) is 2.33. The molecule has 0 radical (unpaired) electrons. The van der Waals surface area contributed by atoms with Crippen molar-refractivity contribution in [1.82, 2.24) is 9.80 Å². The van der Waals surface area contributed by atoms with Gasteiger partial charge in [-0.2, -0.15) is 13.2 Å². The first-order valence-corrected chi connectivity index (χ1v) is 7.11. The number of alkyl halides is 3. The van der Waals surface area contributed by atoms with Gasteiger partial charge in [-0.05, 0) is 12.1 Å². The molecule has 0 aliphatic carbocycles. The van der Waals surface area contributed by atoms with Crippen LogP contribution in [-0.4, -0.2) is 54.4 Å². The highest BCUT2D eigenvalue weighted by atomic mass is 19.4. The number of hydrogen-bond donors (Lipinski definition) is 0. The summed E-state index contributed by atoms with van der Waals surface area (Å²) in [5, 5.41) is 0. The second kappa shape index (κ2) is 6.89. The van der Waals surface area contributed by atoms with Crippen molar-refractivity contribution < 1.29 is 27.5 Å². The fourth-order valence-corrected chi connectivity index (χ4v) is 2.33. The lowest BCUT2D eigenvalue weighted by Crippen LogP contribution is -2.51. The number of para-hydroxylation sites is 1. The highest BCUT2D eigenvalue weighted by Gasteiger charge is 2.34. The zero-order chi connectivity index (χ0) is 17.0. The van der Waals surface area contributed by atoms with Crippen molar-refractivity contribution in [3.8, 4) is 5.75 Å². The first kappa shape index (κ1) is 17.1. The van der Waals surface area contributed by atoms with Crippen molar-refractivity contribution in [2.45, 2.75) is 13.1 Å². The van der Waals surface area contributed by atoms with E-state index in [9.17, 15) is 22.8 Å². The minimum Gasteiger partial charge on any atom is -0.483 e. The Kier molecular flexibility index (Phi) is 5.12. The zero-order valence-electron chi connectivity index (χ0n) is 12.6. The fraction of sp³-hybridized carbons (Fsp3) is 0.467. The van der Waals surface area contributed by atoms with E-state index in [0.717, 1.165) is 6.07 Å². The topological polar surface area (TPSA) is 49.9 Å². The summed E-state index contributed by atoms with van der Waals surface area (Å²) in [5.74, 6) is -0.826. The van der Waals surface area contributed by atoms with E-state index in [1.54, 1.807) is 4.90 Å². The Morgan fingerprint density at radius 3 is 2.22 bits per heavy atom. The minimum atomic E-state index is -4.53. The van der Waals surface area contributed by atoms with Crippen molar-refractivity contribution in [3.63, 3.8) is 0 Å². The molecule has 1 aromatic carbocycles. The van der Waals surface area contributed by atoms with Gasteiger partial charge in [0.1, 0.15) is 5.75 Å². The number of benzene rings is 1. The molecule has 8 heteroatoms. The summed E-state index contributed by atoms with van der Waals surface area (Å²) in [6, 6.07) is 4.77. The third-order valence-electron chi connectivity index (χ3n) is 3.62. The van der Waals surface area contributed by atoms with Crippen LogP contribution in [-0.2, 0) is 15.8 Å². The summed E-state index contributed by atoms with van der Waals surface area (Å²) in [6.07, 6.45) is -4.53. The molecule has 0 atom stereocenters. The average Bonchev–Trinajstić information content (AvgIpc) is 2.52. The summed E-state index contributed by atoms with van der Waals surface area (Å²) in [7, 11) is 0. The van der Waals surface area contributed by atoms with Gasteiger partial charge in [0.05, 0.1) is 5.56 Å². The van der Waals surface area contributed by atoms with Gasteiger partial charge in [-0.25, -0.2) is 0 Å². The number of carbonyl (C=O) groups is 2. The third-order valence-corrected chi connectivity index (χ3v) is 3.62. The van der Waals surface area contributed by atoms with Crippen molar-refractivity contribution in [1.29, 1.82) is 0 Å². The van der Waals surface area contributed by atoms with E-state index < -0.39 is 24.3 Å². The summed E-state index contributed by atoms with van der Waals surface area (Å²) in [4.78, 5) is 26.3. The molecule has 0 spiro atoms. The number of amides is 2. The summed E-state index contributed by atoms with van der Waals surface area (Å²) in [5.41, 5.74) is -0.908. The molecule has 2 rings (SSSR count). The molecule has 5 nitrogen and oxygen atoms in total. The number of piperazine rings is 1. The molecule has 0 saturated carbocycles. The van der Waals surface area contributed by atoms with Gasteiger partial charge in [0.2, 0.25) is 5.91 Å². The molecule has 0 bridgehead atoms. The molecule has 1 fully saturated rings. The molecular weight excluding hydrogens is 313 g/mol. The summed E-state index contributed by atoms with van der Waals surface area (Å²) in [6.45, 7) is 2.52. The molecule has 1 aliphatic rings. The van der Waals surface area contributed by atoms with Crippen molar-refractivity contribution in [2.24, 2.45) is 0 Å². The Morgan fingerprint density at radius 2 is 1.65 bits per heavy atom.